The van der Waals surface area contributed by atoms with E-state index >= 15 is 0 Å². The lowest BCUT2D eigenvalue weighted by Crippen LogP contribution is -2.41. The third-order valence-corrected chi connectivity index (χ3v) is 3.20. The normalized spacial score (nSPS) is 11.5. The first-order valence-electron chi connectivity index (χ1n) is 5.81. The van der Waals surface area contributed by atoms with Crippen LogP contribution in [0.4, 0.5) is 13.2 Å². The van der Waals surface area contributed by atoms with Crippen molar-refractivity contribution in [3.8, 4) is 0 Å². The first-order chi connectivity index (χ1) is 9.69. The van der Waals surface area contributed by atoms with E-state index in [1.807, 2.05) is 0 Å². The summed E-state index contributed by atoms with van der Waals surface area (Å²) in [5.74, 6) is -0.938. The van der Waals surface area contributed by atoms with Gasteiger partial charge in [0.1, 0.15) is 11.6 Å². The third kappa shape index (κ3) is 4.74. The molecule has 0 spiro atoms. The number of rotatable bonds is 5. The van der Waals surface area contributed by atoms with Crippen LogP contribution in [0.3, 0.4) is 0 Å². The largest absolute Gasteiger partial charge is 0.406 e. The number of halogens is 3. The van der Waals surface area contributed by atoms with Crippen LogP contribution >= 0.6 is 11.8 Å². The number of carbonyl (C=O) groups is 1. The second kappa shape index (κ2) is 6.94. The fourth-order valence-corrected chi connectivity index (χ4v) is 2.33. The molecule has 0 aromatic carbocycles. The van der Waals surface area contributed by atoms with Crippen molar-refractivity contribution < 1.29 is 23.1 Å². The van der Waals surface area contributed by atoms with Gasteiger partial charge in [0.25, 0.3) is 5.91 Å². The summed E-state index contributed by atoms with van der Waals surface area (Å²) in [4.78, 5) is 29.8. The molecule has 0 radical (unpaired) electrons. The number of aryl methyl sites for hydroxylation is 1. The van der Waals surface area contributed by atoms with Crippen molar-refractivity contribution in [3.63, 3.8) is 0 Å². The predicted molar refractivity (Wildman–Crippen MR) is 70.4 cm³/mol. The number of thioether (sulfide) groups is 1. The van der Waals surface area contributed by atoms with Crippen molar-refractivity contribution in [1.82, 2.24) is 14.9 Å². The standard InChI is InChI=1S/C11H14F3N3O3S/c1-6-7(8(21-2)16-10(20)15-6)9(19)17(3-4-18)5-11(12,13)14/h18H,3-5H2,1-2H3,(H,15,16,20). The molecule has 2 N–H and O–H groups in total. The summed E-state index contributed by atoms with van der Waals surface area (Å²) in [6, 6.07) is 0. The van der Waals surface area contributed by atoms with E-state index in [0.29, 0.717) is 4.90 Å². The highest BCUT2D eigenvalue weighted by Crippen LogP contribution is 2.22. The van der Waals surface area contributed by atoms with Crippen molar-refractivity contribution in [1.29, 1.82) is 0 Å². The number of aromatic nitrogens is 2. The van der Waals surface area contributed by atoms with Crippen LogP contribution in [0, 0.1) is 6.92 Å². The van der Waals surface area contributed by atoms with E-state index in [-0.39, 0.29) is 16.3 Å². The molecule has 10 heteroatoms. The smallest absolute Gasteiger partial charge is 0.395 e. The molecule has 1 rings (SSSR count). The number of nitrogens with one attached hydrogen (secondary N) is 1. The number of H-pyrrole nitrogens is 1. The van der Waals surface area contributed by atoms with E-state index < -0.39 is 37.5 Å². The first-order valence-corrected chi connectivity index (χ1v) is 7.04. The van der Waals surface area contributed by atoms with Crippen LogP contribution in [0.2, 0.25) is 0 Å². The van der Waals surface area contributed by atoms with Gasteiger partial charge in [-0.05, 0) is 13.2 Å². The molecule has 0 unspecified atom stereocenters. The van der Waals surface area contributed by atoms with Crippen molar-refractivity contribution >= 4 is 17.7 Å². The van der Waals surface area contributed by atoms with Crippen LogP contribution in [-0.4, -0.2) is 58.0 Å². The zero-order valence-electron chi connectivity index (χ0n) is 11.3. The lowest BCUT2D eigenvalue weighted by atomic mass is 10.2. The molecular formula is C11H14F3N3O3S. The maximum atomic E-state index is 12.5. The van der Waals surface area contributed by atoms with Gasteiger partial charge in [0.05, 0.1) is 12.2 Å². The van der Waals surface area contributed by atoms with E-state index in [1.165, 1.54) is 6.92 Å². The van der Waals surface area contributed by atoms with E-state index in [9.17, 15) is 22.8 Å². The Morgan fingerprint density at radius 3 is 2.57 bits per heavy atom. The second-order valence-corrected chi connectivity index (χ2v) is 4.91. The quantitative estimate of drug-likeness (QED) is 0.618. The summed E-state index contributed by atoms with van der Waals surface area (Å²) in [6.07, 6.45) is -3.04. The Labute approximate surface area is 122 Å². The molecule has 0 aliphatic rings. The molecule has 0 fully saturated rings. The van der Waals surface area contributed by atoms with E-state index in [2.05, 4.69) is 9.97 Å². The topological polar surface area (TPSA) is 86.3 Å². The lowest BCUT2D eigenvalue weighted by molar-refractivity contribution is -0.141. The Bertz CT molecular complexity index is 574. The highest BCUT2D eigenvalue weighted by Gasteiger charge is 2.34. The Kier molecular flexibility index (Phi) is 5.78. The molecule has 0 bridgehead atoms. The Morgan fingerprint density at radius 1 is 1.48 bits per heavy atom. The maximum Gasteiger partial charge on any atom is 0.406 e. The van der Waals surface area contributed by atoms with Gasteiger partial charge in [0.15, 0.2) is 0 Å². The molecule has 6 nitrogen and oxygen atoms in total. The van der Waals surface area contributed by atoms with Gasteiger partial charge in [-0.3, -0.25) is 4.79 Å². The number of aliphatic hydroxyl groups excluding tert-OH is 1. The Balaban J connectivity index is 3.23. The van der Waals surface area contributed by atoms with Gasteiger partial charge in [0.2, 0.25) is 0 Å². The third-order valence-electron chi connectivity index (χ3n) is 2.52. The summed E-state index contributed by atoms with van der Waals surface area (Å²) in [6.45, 7) is -1.16. The maximum absolute atomic E-state index is 12.5. The van der Waals surface area contributed by atoms with Crippen LogP contribution < -0.4 is 5.69 Å². The van der Waals surface area contributed by atoms with Crippen molar-refractivity contribution in [2.24, 2.45) is 0 Å². The molecule has 0 saturated carbocycles. The molecule has 1 aromatic rings. The molecule has 1 heterocycles. The zero-order valence-corrected chi connectivity index (χ0v) is 12.1. The molecule has 0 saturated heterocycles. The number of aromatic amines is 1. The molecule has 0 aliphatic heterocycles. The zero-order chi connectivity index (χ0) is 16.2. The Morgan fingerprint density at radius 2 is 2.10 bits per heavy atom. The number of hydrogen-bond acceptors (Lipinski definition) is 5. The van der Waals surface area contributed by atoms with Gasteiger partial charge < -0.3 is 15.0 Å². The lowest BCUT2D eigenvalue weighted by Gasteiger charge is -2.24. The molecule has 1 aromatic heterocycles. The van der Waals surface area contributed by atoms with Gasteiger partial charge in [0, 0.05) is 12.2 Å². The fraction of sp³-hybridized carbons (Fsp3) is 0.545. The van der Waals surface area contributed by atoms with Crippen molar-refractivity contribution in [3.05, 3.63) is 21.7 Å². The summed E-state index contributed by atoms with van der Waals surface area (Å²) in [5.41, 5.74) is -0.646. The summed E-state index contributed by atoms with van der Waals surface area (Å²) in [5, 5.41) is 8.88. The van der Waals surface area contributed by atoms with Gasteiger partial charge >= 0.3 is 11.9 Å². The summed E-state index contributed by atoms with van der Waals surface area (Å²) >= 11 is 0.983. The van der Waals surface area contributed by atoms with Gasteiger partial charge in [-0.1, -0.05) is 0 Å². The van der Waals surface area contributed by atoms with E-state index in [1.54, 1.807) is 6.26 Å². The van der Waals surface area contributed by atoms with E-state index in [0.717, 1.165) is 11.8 Å². The van der Waals surface area contributed by atoms with Gasteiger partial charge in [-0.2, -0.15) is 18.2 Å². The monoisotopic (exact) mass is 325 g/mol. The van der Waals surface area contributed by atoms with Crippen LogP contribution in [-0.2, 0) is 0 Å². The highest BCUT2D eigenvalue weighted by atomic mass is 32.2. The molecular weight excluding hydrogens is 311 g/mol. The molecule has 21 heavy (non-hydrogen) atoms. The number of hydrogen-bond donors (Lipinski definition) is 2. The number of aliphatic hydroxyl groups is 1. The van der Waals surface area contributed by atoms with Crippen LogP contribution in [0.15, 0.2) is 9.82 Å². The summed E-state index contributed by atoms with van der Waals surface area (Å²) < 4.78 is 37.5. The van der Waals surface area contributed by atoms with Crippen LogP contribution in [0.1, 0.15) is 16.1 Å². The van der Waals surface area contributed by atoms with Crippen molar-refractivity contribution in [2.45, 2.75) is 18.1 Å². The van der Waals surface area contributed by atoms with Gasteiger partial charge in [-0.25, -0.2) is 4.79 Å². The first kappa shape index (κ1) is 17.5. The molecule has 0 aliphatic carbocycles. The molecule has 1 amide bonds. The Hall–Kier alpha value is -1.55. The SMILES string of the molecule is CSc1nc(=O)[nH]c(C)c1C(=O)N(CCO)CC(F)(F)F. The minimum absolute atomic E-state index is 0.0476. The highest BCUT2D eigenvalue weighted by molar-refractivity contribution is 7.98. The number of amides is 1. The fourth-order valence-electron chi connectivity index (χ4n) is 1.71. The summed E-state index contributed by atoms with van der Waals surface area (Å²) in [7, 11) is 0. The minimum atomic E-state index is -4.59. The number of carbonyl (C=O) groups excluding carboxylic acids is 1. The average molecular weight is 325 g/mol. The van der Waals surface area contributed by atoms with Gasteiger partial charge in [-0.15, -0.1) is 11.8 Å². The number of alkyl halides is 3. The number of nitrogens with zero attached hydrogens (tertiary/aromatic N) is 2. The van der Waals surface area contributed by atoms with Crippen molar-refractivity contribution in [2.75, 3.05) is 26.0 Å². The van der Waals surface area contributed by atoms with Crippen LogP contribution in [0.5, 0.6) is 0 Å². The van der Waals surface area contributed by atoms with E-state index in [4.69, 9.17) is 5.11 Å². The minimum Gasteiger partial charge on any atom is -0.395 e. The second-order valence-electron chi connectivity index (χ2n) is 4.12. The molecule has 118 valence electrons. The molecule has 0 atom stereocenters. The average Bonchev–Trinajstić information content (AvgIpc) is 2.35. The predicted octanol–water partition coefficient (Wildman–Crippen LogP) is 0.797. The van der Waals surface area contributed by atoms with Crippen LogP contribution in [0.25, 0.3) is 0 Å².